The molecule has 0 saturated carbocycles. The topological polar surface area (TPSA) is 0 Å². The van der Waals surface area contributed by atoms with E-state index in [1.807, 2.05) is 0 Å². The Kier molecular flexibility index (Phi) is 1.96. The van der Waals surface area contributed by atoms with E-state index in [0.717, 1.165) is 0 Å². The molecule has 0 aliphatic carbocycles. The molecule has 0 unspecified atom stereocenters. The zero-order chi connectivity index (χ0) is 12.8. The van der Waals surface area contributed by atoms with Crippen LogP contribution in [0.15, 0.2) is 53.7 Å². The zero-order valence-corrected chi connectivity index (χ0v) is 10.8. The molecule has 0 aromatic rings. The highest BCUT2D eigenvalue weighted by Crippen LogP contribution is 2.35. The van der Waals surface area contributed by atoms with Gasteiger partial charge >= 0.3 is 0 Å². The molecule has 0 spiro atoms. The van der Waals surface area contributed by atoms with Gasteiger partial charge in [0.1, 0.15) is 0 Å². The molecule has 70 valence electrons. The van der Waals surface area contributed by atoms with Crippen LogP contribution in [0.5, 0.6) is 0 Å². The first-order valence-electron chi connectivity index (χ1n) is 7.02. The minimum absolute atomic E-state index is 1.34. The first-order valence-corrected chi connectivity index (χ1v) is 7.02. The summed E-state index contributed by atoms with van der Waals surface area (Å²) in [6, 6.07) is 0. The van der Waals surface area contributed by atoms with Crippen LogP contribution in [-0.2, 0) is 0 Å². The molecule has 0 nitrogen and oxygen atoms in total. The fraction of sp³-hybridized carbons (Fsp3) is 0. The van der Waals surface area contributed by atoms with Gasteiger partial charge in [0.15, 0.2) is 72.8 Å². The van der Waals surface area contributed by atoms with Crippen molar-refractivity contribution in [1.29, 1.82) is 0 Å². The van der Waals surface area contributed by atoms with Crippen molar-refractivity contribution in [3.63, 3.8) is 0 Å². The van der Waals surface area contributed by atoms with E-state index < -0.39 is 0 Å². The SMILES string of the molecule is [B]1C2=C3[B]C4=C1[B]C1=C([B]4)[B]C4=C([B]C(=C([B]3)[B]4)[B]2)[B]1. The molecule has 20 heavy (non-hydrogen) atoms. The summed E-state index contributed by atoms with van der Waals surface area (Å²) in [7, 11) is 23.3. The third-order valence-corrected chi connectivity index (χ3v) is 4.78. The number of hydrogen-bond acceptors (Lipinski definition) is 0. The summed E-state index contributed by atoms with van der Waals surface area (Å²) in [6.45, 7) is 0. The van der Waals surface area contributed by atoms with Crippen LogP contribution in [0.25, 0.3) is 0 Å². The normalized spacial score (nSPS) is 26.0. The Morgan fingerprint density at radius 2 is 0.300 bits per heavy atom. The Morgan fingerprint density at radius 1 is 0.200 bits per heavy atom. The molecule has 5 heterocycles. The minimum atomic E-state index is 1.34. The molecule has 5 aliphatic rings. The van der Waals surface area contributed by atoms with Crippen molar-refractivity contribution in [2.24, 2.45) is 0 Å². The molecule has 10 heteroatoms. The van der Waals surface area contributed by atoms with Crippen molar-refractivity contribution in [2.45, 2.75) is 0 Å². The predicted octanol–water partition coefficient (Wildman–Crippen LogP) is -2.26. The van der Waals surface area contributed by atoms with Crippen LogP contribution in [0, 0.1) is 0 Å². The molecule has 0 bridgehead atoms. The van der Waals surface area contributed by atoms with E-state index in [1.54, 1.807) is 0 Å². The highest BCUT2D eigenvalue weighted by atomic mass is 14.0. The van der Waals surface area contributed by atoms with Gasteiger partial charge in [-0.25, -0.2) is 0 Å². The quantitative estimate of drug-likeness (QED) is 0.411. The molecule has 0 N–H and O–H groups in total. The van der Waals surface area contributed by atoms with E-state index >= 15 is 0 Å². The van der Waals surface area contributed by atoms with Crippen LogP contribution in [-0.4, -0.2) is 72.8 Å². The fourth-order valence-electron chi connectivity index (χ4n) is 3.76. The average molecular weight is 228 g/mol. The maximum Gasteiger partial charge on any atom is 0.153 e. The minimum Gasteiger partial charge on any atom is -0.153 e. The van der Waals surface area contributed by atoms with Crippen molar-refractivity contribution in [3.05, 3.63) is 53.7 Å². The highest BCUT2D eigenvalue weighted by molar-refractivity contribution is 7.15. The molecule has 10 radical (unpaired) electrons. The van der Waals surface area contributed by atoms with E-state index in [-0.39, 0.29) is 0 Å². The smallest absolute Gasteiger partial charge is 0.153 e. The Morgan fingerprint density at radius 3 is 0.400 bits per heavy atom. The zero-order valence-electron chi connectivity index (χ0n) is 10.8. The maximum atomic E-state index is 2.33. The van der Waals surface area contributed by atoms with E-state index in [1.165, 1.54) is 53.7 Å². The predicted molar refractivity (Wildman–Crippen MR) is 92.7 cm³/mol. The van der Waals surface area contributed by atoms with Gasteiger partial charge in [-0.15, -0.1) is 0 Å². The van der Waals surface area contributed by atoms with Crippen LogP contribution >= 0.6 is 0 Å². The second kappa shape index (κ2) is 3.57. The summed E-state index contributed by atoms with van der Waals surface area (Å²) in [5.74, 6) is 0. The first-order chi connectivity index (χ1) is 9.83. The van der Waals surface area contributed by atoms with Crippen LogP contribution in [0.1, 0.15) is 0 Å². The van der Waals surface area contributed by atoms with Crippen molar-refractivity contribution >= 4 is 72.8 Å². The Balaban J connectivity index is 1.60. The van der Waals surface area contributed by atoms with Gasteiger partial charge in [0.2, 0.25) is 0 Å². The average Bonchev–Trinajstić information content (AvgIpc) is 2.43. The van der Waals surface area contributed by atoms with Crippen LogP contribution in [0.2, 0.25) is 0 Å². The molecule has 0 aromatic heterocycles. The molecule has 5 rings (SSSR count). The third-order valence-electron chi connectivity index (χ3n) is 4.78. The van der Waals surface area contributed by atoms with E-state index in [4.69, 9.17) is 0 Å². The number of rotatable bonds is 0. The largest absolute Gasteiger partial charge is 0.153 e. The summed E-state index contributed by atoms with van der Waals surface area (Å²) in [5, 5.41) is 13.4. The van der Waals surface area contributed by atoms with Crippen molar-refractivity contribution < 1.29 is 0 Å². The van der Waals surface area contributed by atoms with Crippen molar-refractivity contribution in [1.82, 2.24) is 0 Å². The standard InChI is InChI=1S/C10B10/c11-1-2-13-5-3(11)15-7-9(17-5)20-10-8(19-7)16-4(12-1)6(14-2)18-10. The van der Waals surface area contributed by atoms with Crippen LogP contribution in [0.3, 0.4) is 0 Å². The van der Waals surface area contributed by atoms with Crippen molar-refractivity contribution in [2.75, 3.05) is 0 Å². The van der Waals surface area contributed by atoms with Crippen LogP contribution < -0.4 is 0 Å². The van der Waals surface area contributed by atoms with E-state index in [0.29, 0.717) is 0 Å². The summed E-state index contributed by atoms with van der Waals surface area (Å²) in [5.41, 5.74) is 0. The monoisotopic (exact) mass is 230 g/mol. The van der Waals surface area contributed by atoms with E-state index in [2.05, 4.69) is 72.8 Å². The summed E-state index contributed by atoms with van der Waals surface area (Å²) in [4.78, 5) is 0. The summed E-state index contributed by atoms with van der Waals surface area (Å²) < 4.78 is 0. The molecule has 0 fully saturated rings. The lowest BCUT2D eigenvalue weighted by Gasteiger charge is -2.42. The molecule has 0 saturated heterocycles. The van der Waals surface area contributed by atoms with Gasteiger partial charge in [0.05, 0.1) is 0 Å². The summed E-state index contributed by atoms with van der Waals surface area (Å²) >= 11 is 0. The van der Waals surface area contributed by atoms with Gasteiger partial charge in [0.25, 0.3) is 0 Å². The van der Waals surface area contributed by atoms with Gasteiger partial charge < -0.3 is 0 Å². The Labute approximate surface area is 126 Å². The van der Waals surface area contributed by atoms with E-state index in [9.17, 15) is 0 Å². The molecular formula is C10B10. The Bertz CT molecular complexity index is 512. The van der Waals surface area contributed by atoms with Gasteiger partial charge in [-0.05, 0) is 0 Å². The van der Waals surface area contributed by atoms with Crippen molar-refractivity contribution in [3.8, 4) is 0 Å². The maximum absolute atomic E-state index is 2.33. The lowest BCUT2D eigenvalue weighted by molar-refractivity contribution is 1.80. The second-order valence-corrected chi connectivity index (χ2v) is 6.00. The molecule has 5 aliphatic heterocycles. The third kappa shape index (κ3) is 1.32. The van der Waals surface area contributed by atoms with Gasteiger partial charge in [-0.1, -0.05) is 0 Å². The lowest BCUT2D eigenvalue weighted by atomic mass is 9.04. The molecule has 0 atom stereocenters. The second-order valence-electron chi connectivity index (χ2n) is 6.00. The van der Waals surface area contributed by atoms with Gasteiger partial charge in [0, 0.05) is 0 Å². The van der Waals surface area contributed by atoms with Crippen LogP contribution in [0.4, 0.5) is 0 Å². The fourth-order valence-corrected chi connectivity index (χ4v) is 3.76. The molecule has 0 aromatic carbocycles. The highest BCUT2D eigenvalue weighted by Gasteiger charge is 2.38. The van der Waals surface area contributed by atoms with Gasteiger partial charge in [-0.2, -0.15) is 53.7 Å². The number of hydrogen-bond donors (Lipinski definition) is 0. The molecule has 0 amide bonds. The van der Waals surface area contributed by atoms with Gasteiger partial charge in [-0.3, -0.25) is 0 Å². The summed E-state index contributed by atoms with van der Waals surface area (Å²) in [6.07, 6.45) is 0. The Hall–Kier alpha value is -0.651. The lowest BCUT2D eigenvalue weighted by Crippen LogP contribution is -2.47. The molecular weight excluding hydrogens is 228 g/mol. The first kappa shape index (κ1) is 11.0.